The Hall–Kier alpha value is -3.28. The van der Waals surface area contributed by atoms with Gasteiger partial charge in [0.05, 0.1) is 12.4 Å². The van der Waals surface area contributed by atoms with Gasteiger partial charge in [0.2, 0.25) is 0 Å². The Bertz CT molecular complexity index is 846. The van der Waals surface area contributed by atoms with Crippen molar-refractivity contribution in [1.82, 2.24) is 9.97 Å². The lowest BCUT2D eigenvalue weighted by Crippen LogP contribution is -2.12. The maximum Gasteiger partial charge on any atom is 0.256 e. The average Bonchev–Trinajstić information content (AvgIpc) is 2.55. The number of aromatic nitrogens is 2. The predicted octanol–water partition coefficient (Wildman–Crippen LogP) is 2.17. The van der Waals surface area contributed by atoms with Crippen molar-refractivity contribution in [3.63, 3.8) is 0 Å². The molecule has 0 fully saturated rings. The number of rotatable bonds is 3. The molecule has 1 heterocycles. The second kappa shape index (κ2) is 6.01. The van der Waals surface area contributed by atoms with Gasteiger partial charge >= 0.3 is 0 Å². The molecule has 6 heteroatoms. The molecule has 0 spiro atoms. The quantitative estimate of drug-likeness (QED) is 0.439. The Morgan fingerprint density at radius 2 is 1.95 bits per heavy atom. The number of carbonyl (C=O) groups excluding carboxylic acids is 1. The van der Waals surface area contributed by atoms with Gasteiger partial charge in [-0.2, -0.15) is 5.10 Å². The van der Waals surface area contributed by atoms with Gasteiger partial charge in [-0.05, 0) is 34.5 Å². The lowest BCUT2D eigenvalue weighted by atomic mass is 10.0. The maximum absolute atomic E-state index is 12.2. The summed E-state index contributed by atoms with van der Waals surface area (Å²) in [5.41, 5.74) is 1.46. The first-order chi connectivity index (χ1) is 10.8. The molecule has 0 bridgehead atoms. The molecular formula is C16H13N5O. The van der Waals surface area contributed by atoms with E-state index in [0.29, 0.717) is 11.4 Å². The van der Waals surface area contributed by atoms with Crippen LogP contribution in [-0.4, -0.2) is 22.1 Å². The summed E-state index contributed by atoms with van der Waals surface area (Å²) < 4.78 is 0. The molecule has 6 nitrogen and oxygen atoms in total. The van der Waals surface area contributed by atoms with Crippen LogP contribution in [0.15, 0.2) is 60.1 Å². The van der Waals surface area contributed by atoms with Gasteiger partial charge in [0.15, 0.2) is 5.82 Å². The van der Waals surface area contributed by atoms with Crippen molar-refractivity contribution in [3.8, 4) is 0 Å². The second-order valence-corrected chi connectivity index (χ2v) is 4.64. The van der Waals surface area contributed by atoms with E-state index in [1.807, 2.05) is 30.3 Å². The first kappa shape index (κ1) is 13.7. The van der Waals surface area contributed by atoms with E-state index in [-0.39, 0.29) is 5.91 Å². The smallest absolute Gasteiger partial charge is 0.256 e. The molecule has 0 radical (unpaired) electrons. The molecule has 0 aliphatic carbocycles. The molecule has 3 rings (SSSR count). The number of hydrogen-bond donors (Lipinski definition) is 2. The van der Waals surface area contributed by atoms with E-state index in [1.165, 1.54) is 12.4 Å². The van der Waals surface area contributed by atoms with Crippen LogP contribution < -0.4 is 11.2 Å². The highest BCUT2D eigenvalue weighted by atomic mass is 16.1. The molecule has 0 atom stereocenters. The Morgan fingerprint density at radius 3 is 2.73 bits per heavy atom. The van der Waals surface area contributed by atoms with E-state index in [2.05, 4.69) is 20.4 Å². The van der Waals surface area contributed by atoms with Gasteiger partial charge in [-0.1, -0.05) is 18.2 Å². The fourth-order valence-electron chi connectivity index (χ4n) is 2.12. The summed E-state index contributed by atoms with van der Waals surface area (Å²) >= 11 is 0. The first-order valence-electron chi connectivity index (χ1n) is 6.61. The van der Waals surface area contributed by atoms with Crippen LogP contribution in [-0.2, 0) is 0 Å². The molecule has 3 aromatic rings. The number of nitrogens with two attached hydrogens (primary N) is 1. The van der Waals surface area contributed by atoms with Gasteiger partial charge in [0.25, 0.3) is 5.91 Å². The van der Waals surface area contributed by atoms with Crippen LogP contribution in [0.2, 0.25) is 0 Å². The summed E-state index contributed by atoms with van der Waals surface area (Å²) in [7, 11) is 0. The van der Waals surface area contributed by atoms with Gasteiger partial charge in [0.1, 0.15) is 0 Å². The van der Waals surface area contributed by atoms with E-state index in [4.69, 9.17) is 5.84 Å². The minimum Gasteiger partial charge on any atom is -0.323 e. The summed E-state index contributed by atoms with van der Waals surface area (Å²) in [4.78, 5) is 20.1. The highest BCUT2D eigenvalue weighted by Crippen LogP contribution is 2.18. The molecule has 0 unspecified atom stereocenters. The maximum atomic E-state index is 12.2. The van der Waals surface area contributed by atoms with Crippen molar-refractivity contribution < 1.29 is 4.79 Å². The number of anilines is 1. The summed E-state index contributed by atoms with van der Waals surface area (Å²) in [5.74, 6) is 5.34. The van der Waals surface area contributed by atoms with Gasteiger partial charge in [-0.25, -0.2) is 4.98 Å². The first-order valence-corrected chi connectivity index (χ1v) is 6.61. The molecular weight excluding hydrogens is 278 g/mol. The standard InChI is InChI=1S/C16H13N5O/c17-20-9-11-1-2-13-8-14(4-3-12(13)7-11)16(22)21-15-10-18-5-6-19-15/h1-10H,17H2,(H,19,21,22). The third kappa shape index (κ3) is 2.90. The third-order valence-corrected chi connectivity index (χ3v) is 3.15. The number of hydrazone groups is 1. The lowest BCUT2D eigenvalue weighted by molar-refractivity contribution is 0.102. The zero-order valence-electron chi connectivity index (χ0n) is 11.6. The summed E-state index contributed by atoms with van der Waals surface area (Å²) in [5, 5.41) is 8.17. The van der Waals surface area contributed by atoms with Gasteiger partial charge in [-0.3, -0.25) is 9.78 Å². The summed E-state index contributed by atoms with van der Waals surface area (Å²) in [6.45, 7) is 0. The number of benzene rings is 2. The van der Waals surface area contributed by atoms with Crippen LogP contribution >= 0.6 is 0 Å². The summed E-state index contributed by atoms with van der Waals surface area (Å²) in [6.07, 6.45) is 6.15. The summed E-state index contributed by atoms with van der Waals surface area (Å²) in [6, 6.07) is 11.2. The van der Waals surface area contributed by atoms with Crippen molar-refractivity contribution in [2.45, 2.75) is 0 Å². The van der Waals surface area contributed by atoms with Crippen LogP contribution in [0.5, 0.6) is 0 Å². The largest absolute Gasteiger partial charge is 0.323 e. The molecule has 108 valence electrons. The number of nitrogens with one attached hydrogen (secondary N) is 1. The van der Waals surface area contributed by atoms with Crippen molar-refractivity contribution in [2.75, 3.05) is 5.32 Å². The zero-order chi connectivity index (χ0) is 15.4. The number of nitrogens with zero attached hydrogens (tertiary/aromatic N) is 3. The monoisotopic (exact) mass is 291 g/mol. The lowest BCUT2D eigenvalue weighted by Gasteiger charge is -2.05. The average molecular weight is 291 g/mol. The number of carbonyl (C=O) groups is 1. The minimum absolute atomic E-state index is 0.227. The third-order valence-electron chi connectivity index (χ3n) is 3.15. The molecule has 2 aromatic carbocycles. The molecule has 0 saturated heterocycles. The molecule has 0 aliphatic rings. The van der Waals surface area contributed by atoms with E-state index in [1.54, 1.807) is 18.5 Å². The van der Waals surface area contributed by atoms with Crippen LogP contribution in [0.4, 0.5) is 5.82 Å². The normalized spacial score (nSPS) is 10.9. The van der Waals surface area contributed by atoms with E-state index in [0.717, 1.165) is 16.3 Å². The zero-order valence-corrected chi connectivity index (χ0v) is 11.6. The van der Waals surface area contributed by atoms with Crippen molar-refractivity contribution >= 4 is 28.7 Å². The molecule has 1 amide bonds. The topological polar surface area (TPSA) is 93.3 Å². The number of fused-ring (bicyclic) bond motifs is 1. The second-order valence-electron chi connectivity index (χ2n) is 4.64. The number of hydrogen-bond acceptors (Lipinski definition) is 5. The van der Waals surface area contributed by atoms with E-state index in [9.17, 15) is 4.79 Å². The highest BCUT2D eigenvalue weighted by molar-refractivity contribution is 6.06. The Balaban J connectivity index is 1.88. The van der Waals surface area contributed by atoms with E-state index < -0.39 is 0 Å². The van der Waals surface area contributed by atoms with Crippen LogP contribution in [0.3, 0.4) is 0 Å². The van der Waals surface area contributed by atoms with Crippen LogP contribution in [0.25, 0.3) is 10.8 Å². The molecule has 1 aromatic heterocycles. The van der Waals surface area contributed by atoms with E-state index >= 15 is 0 Å². The van der Waals surface area contributed by atoms with Gasteiger partial charge < -0.3 is 11.2 Å². The van der Waals surface area contributed by atoms with Gasteiger partial charge in [-0.15, -0.1) is 0 Å². The van der Waals surface area contributed by atoms with Crippen molar-refractivity contribution in [1.29, 1.82) is 0 Å². The van der Waals surface area contributed by atoms with Gasteiger partial charge in [0, 0.05) is 18.0 Å². The Labute approximate surface area is 126 Å². The van der Waals surface area contributed by atoms with Crippen LogP contribution in [0.1, 0.15) is 15.9 Å². The fourth-order valence-corrected chi connectivity index (χ4v) is 2.12. The Morgan fingerprint density at radius 1 is 1.14 bits per heavy atom. The molecule has 0 aliphatic heterocycles. The minimum atomic E-state index is -0.227. The van der Waals surface area contributed by atoms with Crippen molar-refractivity contribution in [2.24, 2.45) is 10.9 Å². The fraction of sp³-hybridized carbons (Fsp3) is 0. The molecule has 22 heavy (non-hydrogen) atoms. The molecule has 3 N–H and O–H groups in total. The van der Waals surface area contributed by atoms with Crippen molar-refractivity contribution in [3.05, 3.63) is 66.1 Å². The number of amides is 1. The SMILES string of the molecule is NN=Cc1ccc2cc(C(=O)Nc3cnccn3)ccc2c1. The molecule has 0 saturated carbocycles. The predicted molar refractivity (Wildman–Crippen MR) is 85.7 cm³/mol. The Kier molecular flexibility index (Phi) is 3.74. The highest BCUT2D eigenvalue weighted by Gasteiger charge is 2.07. The van der Waals surface area contributed by atoms with Crippen LogP contribution in [0, 0.1) is 0 Å².